The number of hydrogen-bond acceptors (Lipinski definition) is 4. The van der Waals surface area contributed by atoms with Crippen molar-refractivity contribution >= 4 is 17.7 Å². The Bertz CT molecular complexity index is 415. The van der Waals surface area contributed by atoms with Gasteiger partial charge in [-0.1, -0.05) is 0 Å². The number of hydrogen-bond donors (Lipinski definition) is 2. The van der Waals surface area contributed by atoms with Crippen LogP contribution < -0.4 is 10.6 Å². The van der Waals surface area contributed by atoms with Crippen molar-refractivity contribution in [1.82, 2.24) is 15.5 Å². The van der Waals surface area contributed by atoms with E-state index in [-0.39, 0.29) is 6.04 Å². The average Bonchev–Trinajstić information content (AvgIpc) is 3.19. The third-order valence-corrected chi connectivity index (χ3v) is 4.35. The molecule has 1 atom stereocenters. The van der Waals surface area contributed by atoms with Gasteiger partial charge < -0.3 is 15.1 Å². The van der Waals surface area contributed by atoms with Crippen LogP contribution in [0.3, 0.4) is 0 Å². The van der Waals surface area contributed by atoms with Crippen molar-refractivity contribution < 1.29 is 4.42 Å². The van der Waals surface area contributed by atoms with Crippen molar-refractivity contribution in [3.05, 3.63) is 24.2 Å². The van der Waals surface area contributed by atoms with Gasteiger partial charge >= 0.3 is 0 Å². The fourth-order valence-corrected chi connectivity index (χ4v) is 2.94. The molecular formula is C15H26N4OS. The molecule has 1 aromatic rings. The van der Waals surface area contributed by atoms with Gasteiger partial charge in [-0.15, -0.1) is 0 Å². The van der Waals surface area contributed by atoms with Gasteiger partial charge in [0, 0.05) is 25.9 Å². The number of furan rings is 1. The number of guanidine groups is 1. The predicted molar refractivity (Wildman–Crippen MR) is 90.0 cm³/mol. The van der Waals surface area contributed by atoms with Crippen LogP contribution in [0.4, 0.5) is 0 Å². The highest BCUT2D eigenvalue weighted by molar-refractivity contribution is 7.98. The summed E-state index contributed by atoms with van der Waals surface area (Å²) in [6, 6.07) is 4.31. The van der Waals surface area contributed by atoms with Gasteiger partial charge in [0.05, 0.1) is 12.3 Å². The zero-order valence-corrected chi connectivity index (χ0v) is 13.8. The lowest BCUT2D eigenvalue weighted by atomic mass is 10.2. The van der Waals surface area contributed by atoms with Gasteiger partial charge in [0.25, 0.3) is 0 Å². The second-order valence-corrected chi connectivity index (χ2v) is 6.13. The normalized spacial score (nSPS) is 17.9. The van der Waals surface area contributed by atoms with E-state index < -0.39 is 0 Å². The maximum absolute atomic E-state index is 5.63. The van der Waals surface area contributed by atoms with Crippen LogP contribution in [0, 0.1) is 0 Å². The average molecular weight is 310 g/mol. The summed E-state index contributed by atoms with van der Waals surface area (Å²) in [6.45, 7) is 4.03. The van der Waals surface area contributed by atoms with Crippen LogP contribution >= 0.6 is 11.8 Å². The Morgan fingerprint density at radius 1 is 1.43 bits per heavy atom. The van der Waals surface area contributed by atoms with E-state index in [0.29, 0.717) is 0 Å². The van der Waals surface area contributed by atoms with Crippen LogP contribution in [0.5, 0.6) is 0 Å². The lowest BCUT2D eigenvalue weighted by Gasteiger charge is -2.26. The number of rotatable bonds is 7. The SMILES string of the molecule is CN=C(NCCSC)NCC(c1ccco1)N1CCCC1. The molecule has 1 fully saturated rings. The van der Waals surface area contributed by atoms with Gasteiger partial charge in [-0.05, 0) is 44.3 Å². The van der Waals surface area contributed by atoms with Crippen LogP contribution in [-0.4, -0.2) is 56.1 Å². The summed E-state index contributed by atoms with van der Waals surface area (Å²) in [5, 5.41) is 6.75. The second-order valence-electron chi connectivity index (χ2n) is 5.15. The standard InChI is InChI=1S/C15H26N4OS/c1-16-15(17-7-11-21-2)18-12-13(14-6-5-10-20-14)19-8-3-4-9-19/h5-6,10,13H,3-4,7-9,11-12H2,1-2H3,(H2,16,17,18). The molecule has 0 amide bonds. The van der Waals surface area contributed by atoms with Gasteiger partial charge in [-0.3, -0.25) is 9.89 Å². The first-order valence-electron chi connectivity index (χ1n) is 7.56. The maximum Gasteiger partial charge on any atom is 0.191 e. The molecule has 0 spiro atoms. The van der Waals surface area contributed by atoms with E-state index in [2.05, 4.69) is 32.8 Å². The van der Waals surface area contributed by atoms with Crippen molar-refractivity contribution in [3.8, 4) is 0 Å². The van der Waals surface area contributed by atoms with Crippen LogP contribution in [0.1, 0.15) is 24.6 Å². The van der Waals surface area contributed by atoms with E-state index in [1.54, 1.807) is 6.26 Å². The molecule has 21 heavy (non-hydrogen) atoms. The summed E-state index contributed by atoms with van der Waals surface area (Å²) in [7, 11) is 1.81. The number of likely N-dealkylation sites (tertiary alicyclic amines) is 1. The molecule has 6 heteroatoms. The monoisotopic (exact) mass is 310 g/mol. The molecular weight excluding hydrogens is 284 g/mol. The number of nitrogens with zero attached hydrogens (tertiary/aromatic N) is 2. The first-order chi connectivity index (χ1) is 10.3. The van der Waals surface area contributed by atoms with Crippen LogP contribution in [0.15, 0.2) is 27.8 Å². The highest BCUT2D eigenvalue weighted by Crippen LogP contribution is 2.24. The van der Waals surface area contributed by atoms with Crippen molar-refractivity contribution in [3.63, 3.8) is 0 Å². The summed E-state index contributed by atoms with van der Waals surface area (Å²) >= 11 is 1.83. The molecule has 0 aromatic carbocycles. The largest absolute Gasteiger partial charge is 0.468 e. The Balaban J connectivity index is 1.89. The molecule has 2 heterocycles. The Morgan fingerprint density at radius 3 is 2.86 bits per heavy atom. The number of nitrogens with one attached hydrogen (secondary N) is 2. The quantitative estimate of drug-likeness (QED) is 0.458. The van der Waals surface area contributed by atoms with E-state index >= 15 is 0 Å². The number of aliphatic imine (C=N–C) groups is 1. The van der Waals surface area contributed by atoms with Gasteiger partial charge in [0.2, 0.25) is 0 Å². The van der Waals surface area contributed by atoms with E-state index in [4.69, 9.17) is 4.42 Å². The molecule has 1 aromatic heterocycles. The highest BCUT2D eigenvalue weighted by atomic mass is 32.2. The Hall–Kier alpha value is -1.14. The summed E-state index contributed by atoms with van der Waals surface area (Å²) in [5.74, 6) is 2.97. The van der Waals surface area contributed by atoms with Crippen LogP contribution in [-0.2, 0) is 0 Å². The minimum absolute atomic E-state index is 0.279. The molecule has 1 aliphatic rings. The summed E-state index contributed by atoms with van der Waals surface area (Å²) < 4.78 is 5.63. The molecule has 0 radical (unpaired) electrons. The lowest BCUT2D eigenvalue weighted by Crippen LogP contribution is -2.43. The Kier molecular flexibility index (Phi) is 6.95. The molecule has 2 N–H and O–H groups in total. The molecule has 1 unspecified atom stereocenters. The van der Waals surface area contributed by atoms with Crippen molar-refractivity contribution in [2.24, 2.45) is 4.99 Å². The lowest BCUT2D eigenvalue weighted by molar-refractivity contribution is 0.215. The van der Waals surface area contributed by atoms with Gasteiger partial charge in [-0.2, -0.15) is 11.8 Å². The van der Waals surface area contributed by atoms with Crippen LogP contribution in [0.2, 0.25) is 0 Å². The minimum atomic E-state index is 0.279. The topological polar surface area (TPSA) is 52.8 Å². The van der Waals surface area contributed by atoms with E-state index in [9.17, 15) is 0 Å². The second kappa shape index (κ2) is 9.00. The van der Waals surface area contributed by atoms with Gasteiger partial charge in [0.1, 0.15) is 5.76 Å². The summed E-state index contributed by atoms with van der Waals surface area (Å²) in [4.78, 5) is 6.76. The van der Waals surface area contributed by atoms with E-state index in [1.807, 2.05) is 24.9 Å². The fraction of sp³-hybridized carbons (Fsp3) is 0.667. The molecule has 0 bridgehead atoms. The van der Waals surface area contributed by atoms with E-state index in [0.717, 1.165) is 43.7 Å². The third-order valence-electron chi connectivity index (χ3n) is 3.74. The molecule has 0 saturated carbocycles. The fourth-order valence-electron chi connectivity index (χ4n) is 2.63. The highest BCUT2D eigenvalue weighted by Gasteiger charge is 2.25. The van der Waals surface area contributed by atoms with E-state index in [1.165, 1.54) is 12.8 Å². The molecule has 118 valence electrons. The van der Waals surface area contributed by atoms with Gasteiger partial charge in [0.15, 0.2) is 5.96 Å². The Labute approximate surface area is 131 Å². The first-order valence-corrected chi connectivity index (χ1v) is 8.95. The molecule has 1 aliphatic heterocycles. The van der Waals surface area contributed by atoms with Crippen molar-refractivity contribution in [2.45, 2.75) is 18.9 Å². The predicted octanol–water partition coefficient (Wildman–Crippen LogP) is 1.94. The van der Waals surface area contributed by atoms with Crippen molar-refractivity contribution in [1.29, 1.82) is 0 Å². The van der Waals surface area contributed by atoms with Crippen molar-refractivity contribution in [2.75, 3.05) is 45.2 Å². The summed E-state index contributed by atoms with van der Waals surface area (Å²) in [6.07, 6.45) is 6.41. The van der Waals surface area contributed by atoms with Gasteiger partial charge in [-0.25, -0.2) is 0 Å². The first kappa shape index (κ1) is 16.2. The maximum atomic E-state index is 5.63. The smallest absolute Gasteiger partial charge is 0.191 e. The zero-order chi connectivity index (χ0) is 14.9. The zero-order valence-electron chi connectivity index (χ0n) is 13.0. The summed E-state index contributed by atoms with van der Waals surface area (Å²) in [5.41, 5.74) is 0. The molecule has 5 nitrogen and oxygen atoms in total. The minimum Gasteiger partial charge on any atom is -0.468 e. The number of thioether (sulfide) groups is 1. The molecule has 1 saturated heterocycles. The molecule has 0 aliphatic carbocycles. The molecule has 2 rings (SSSR count). The van der Waals surface area contributed by atoms with Crippen LogP contribution in [0.25, 0.3) is 0 Å². The Morgan fingerprint density at radius 2 is 2.24 bits per heavy atom. The third kappa shape index (κ3) is 4.97.